The molecule has 0 aliphatic rings. The molecule has 0 radical (unpaired) electrons. The van der Waals surface area contributed by atoms with Crippen LogP contribution >= 0.6 is 11.6 Å². The van der Waals surface area contributed by atoms with Gasteiger partial charge in [0.1, 0.15) is 5.15 Å². The summed E-state index contributed by atoms with van der Waals surface area (Å²) in [4.78, 5) is 18.0. The first kappa shape index (κ1) is 14.8. The fraction of sp³-hybridized carbons (Fsp3) is 0.133. The van der Waals surface area contributed by atoms with Crippen LogP contribution in [0.5, 0.6) is 0 Å². The molecular formula is C15H13ClN4O. The topological polar surface area (TPSA) is 83.0 Å². The van der Waals surface area contributed by atoms with Crippen LogP contribution < -0.4 is 10.6 Å². The largest absolute Gasteiger partial charge is 0.397 e. The highest BCUT2D eigenvalue weighted by atomic mass is 35.5. The predicted octanol–water partition coefficient (Wildman–Crippen LogP) is 2.88. The number of nitrogens with zero attached hydrogens (tertiary/aromatic N) is 3. The molecule has 106 valence electrons. The number of amides is 1. The van der Waals surface area contributed by atoms with Gasteiger partial charge in [0.25, 0.3) is 5.91 Å². The maximum atomic E-state index is 12.7. The van der Waals surface area contributed by atoms with Crippen LogP contribution in [-0.4, -0.2) is 17.4 Å². The minimum absolute atomic E-state index is 0.0899. The molecule has 0 fully saturated rings. The molecule has 1 amide bonds. The standard InChI is InChI=1S/C15H13ClN4O/c16-14-13(9-11(18)10-19-14)15(21)20(8-4-7-17)12-5-2-1-3-6-12/h1-3,5-6,9-10H,4,8,18H2. The van der Waals surface area contributed by atoms with E-state index in [9.17, 15) is 4.79 Å². The minimum Gasteiger partial charge on any atom is -0.397 e. The molecule has 1 aromatic heterocycles. The van der Waals surface area contributed by atoms with E-state index in [1.54, 1.807) is 12.1 Å². The number of benzene rings is 1. The van der Waals surface area contributed by atoms with Crippen LogP contribution in [0.15, 0.2) is 42.6 Å². The number of nitrogen functional groups attached to an aromatic ring is 1. The number of para-hydroxylation sites is 1. The highest BCUT2D eigenvalue weighted by Gasteiger charge is 2.20. The van der Waals surface area contributed by atoms with Crippen LogP contribution in [0.1, 0.15) is 16.8 Å². The van der Waals surface area contributed by atoms with Crippen molar-refractivity contribution in [2.45, 2.75) is 6.42 Å². The lowest BCUT2D eigenvalue weighted by Crippen LogP contribution is -2.32. The summed E-state index contributed by atoms with van der Waals surface area (Å²) in [6, 6.07) is 12.6. The van der Waals surface area contributed by atoms with E-state index >= 15 is 0 Å². The van der Waals surface area contributed by atoms with E-state index in [1.807, 2.05) is 24.3 Å². The Balaban J connectivity index is 2.39. The van der Waals surface area contributed by atoms with E-state index in [4.69, 9.17) is 22.6 Å². The molecule has 0 bridgehead atoms. The number of carbonyl (C=O) groups is 1. The highest BCUT2D eigenvalue weighted by molar-refractivity contribution is 6.33. The van der Waals surface area contributed by atoms with Gasteiger partial charge in [0.05, 0.1) is 29.9 Å². The molecule has 5 nitrogen and oxygen atoms in total. The molecule has 2 N–H and O–H groups in total. The van der Waals surface area contributed by atoms with Gasteiger partial charge in [-0.05, 0) is 18.2 Å². The molecule has 0 atom stereocenters. The Kier molecular flexibility index (Phi) is 4.75. The molecule has 2 aromatic rings. The van der Waals surface area contributed by atoms with E-state index in [-0.39, 0.29) is 29.6 Å². The first-order valence-electron chi connectivity index (χ1n) is 6.28. The van der Waals surface area contributed by atoms with Crippen molar-refractivity contribution in [3.8, 4) is 6.07 Å². The average Bonchev–Trinajstić information content (AvgIpc) is 2.51. The van der Waals surface area contributed by atoms with Gasteiger partial charge in [0, 0.05) is 12.2 Å². The minimum atomic E-state index is -0.332. The van der Waals surface area contributed by atoms with Crippen LogP contribution in [0.2, 0.25) is 5.15 Å². The summed E-state index contributed by atoms with van der Waals surface area (Å²) in [5.41, 5.74) is 6.93. The third-order valence-corrected chi connectivity index (χ3v) is 3.15. The molecule has 6 heteroatoms. The molecule has 0 spiro atoms. The van der Waals surface area contributed by atoms with Crippen molar-refractivity contribution in [2.75, 3.05) is 17.2 Å². The molecule has 1 aromatic carbocycles. The van der Waals surface area contributed by atoms with Gasteiger partial charge in [-0.2, -0.15) is 5.26 Å². The number of rotatable bonds is 4. The number of aromatic nitrogens is 1. The first-order chi connectivity index (χ1) is 10.1. The first-order valence-corrected chi connectivity index (χ1v) is 6.66. The average molecular weight is 301 g/mol. The Hall–Kier alpha value is -2.58. The number of pyridine rings is 1. The Labute approximate surface area is 127 Å². The van der Waals surface area contributed by atoms with Crippen LogP contribution in [0.25, 0.3) is 0 Å². The molecule has 21 heavy (non-hydrogen) atoms. The number of nitriles is 1. The number of nitrogens with two attached hydrogens (primary N) is 1. The summed E-state index contributed by atoms with van der Waals surface area (Å²) in [5, 5.41) is 8.86. The van der Waals surface area contributed by atoms with E-state index < -0.39 is 0 Å². The maximum absolute atomic E-state index is 12.7. The maximum Gasteiger partial charge on any atom is 0.261 e. The molecule has 0 aliphatic carbocycles. The van der Waals surface area contributed by atoms with Crippen LogP contribution in [0.3, 0.4) is 0 Å². The van der Waals surface area contributed by atoms with Crippen molar-refractivity contribution in [3.05, 3.63) is 53.3 Å². The zero-order chi connectivity index (χ0) is 15.2. The van der Waals surface area contributed by atoms with Crippen LogP contribution in [-0.2, 0) is 0 Å². The second kappa shape index (κ2) is 6.73. The fourth-order valence-corrected chi connectivity index (χ4v) is 2.06. The lowest BCUT2D eigenvalue weighted by molar-refractivity contribution is 0.0987. The van der Waals surface area contributed by atoms with Gasteiger partial charge in [-0.15, -0.1) is 0 Å². The quantitative estimate of drug-likeness (QED) is 0.880. The molecule has 2 rings (SSSR count). The Morgan fingerprint density at radius 3 is 2.76 bits per heavy atom. The fourth-order valence-electron chi connectivity index (χ4n) is 1.88. The highest BCUT2D eigenvalue weighted by Crippen LogP contribution is 2.22. The van der Waals surface area contributed by atoms with Gasteiger partial charge < -0.3 is 10.6 Å². The zero-order valence-corrected chi connectivity index (χ0v) is 11.9. The van der Waals surface area contributed by atoms with Gasteiger partial charge in [-0.3, -0.25) is 4.79 Å². The van der Waals surface area contributed by atoms with E-state index in [1.165, 1.54) is 17.2 Å². The second-order valence-electron chi connectivity index (χ2n) is 4.31. The van der Waals surface area contributed by atoms with E-state index in [0.717, 1.165) is 0 Å². The summed E-state index contributed by atoms with van der Waals surface area (Å²) >= 11 is 5.98. The molecule has 0 saturated heterocycles. The second-order valence-corrected chi connectivity index (χ2v) is 4.67. The number of hydrogen-bond donors (Lipinski definition) is 1. The number of carbonyl (C=O) groups excluding carboxylic acids is 1. The summed E-state index contributed by atoms with van der Waals surface area (Å²) < 4.78 is 0. The summed E-state index contributed by atoms with van der Waals surface area (Å²) in [5.74, 6) is -0.332. The van der Waals surface area contributed by atoms with Gasteiger partial charge in [-0.25, -0.2) is 4.98 Å². The Morgan fingerprint density at radius 2 is 2.10 bits per heavy atom. The number of halogens is 1. The van der Waals surface area contributed by atoms with Crippen molar-refractivity contribution < 1.29 is 4.79 Å². The monoisotopic (exact) mass is 300 g/mol. The number of hydrogen-bond acceptors (Lipinski definition) is 4. The molecule has 1 heterocycles. The molecular weight excluding hydrogens is 288 g/mol. The number of anilines is 2. The Morgan fingerprint density at radius 1 is 1.38 bits per heavy atom. The summed E-state index contributed by atoms with van der Waals surface area (Å²) in [6.45, 7) is 0.268. The van der Waals surface area contributed by atoms with Crippen molar-refractivity contribution in [3.63, 3.8) is 0 Å². The summed E-state index contributed by atoms with van der Waals surface area (Å²) in [6.07, 6.45) is 1.61. The van der Waals surface area contributed by atoms with Crippen molar-refractivity contribution in [1.29, 1.82) is 5.26 Å². The van der Waals surface area contributed by atoms with Gasteiger partial charge >= 0.3 is 0 Å². The lowest BCUT2D eigenvalue weighted by atomic mass is 10.2. The smallest absolute Gasteiger partial charge is 0.261 e. The van der Waals surface area contributed by atoms with Crippen LogP contribution in [0, 0.1) is 11.3 Å². The van der Waals surface area contributed by atoms with E-state index in [0.29, 0.717) is 11.4 Å². The third kappa shape index (κ3) is 3.50. The van der Waals surface area contributed by atoms with Gasteiger partial charge in [-0.1, -0.05) is 29.8 Å². The molecule has 0 unspecified atom stereocenters. The van der Waals surface area contributed by atoms with Crippen molar-refractivity contribution in [1.82, 2.24) is 4.98 Å². The SMILES string of the molecule is N#CCCN(C(=O)c1cc(N)cnc1Cl)c1ccccc1. The van der Waals surface area contributed by atoms with Gasteiger partial charge in [0.15, 0.2) is 0 Å². The lowest BCUT2D eigenvalue weighted by Gasteiger charge is -2.22. The van der Waals surface area contributed by atoms with Gasteiger partial charge in [0.2, 0.25) is 0 Å². The molecule has 0 saturated carbocycles. The van der Waals surface area contributed by atoms with Crippen molar-refractivity contribution >= 4 is 28.9 Å². The van der Waals surface area contributed by atoms with Crippen molar-refractivity contribution in [2.24, 2.45) is 0 Å². The van der Waals surface area contributed by atoms with Crippen LogP contribution in [0.4, 0.5) is 11.4 Å². The predicted molar refractivity (Wildman–Crippen MR) is 82.0 cm³/mol. The van der Waals surface area contributed by atoms with E-state index in [2.05, 4.69) is 4.98 Å². The third-order valence-electron chi connectivity index (χ3n) is 2.85. The summed E-state index contributed by atoms with van der Waals surface area (Å²) in [7, 11) is 0. The zero-order valence-electron chi connectivity index (χ0n) is 11.2. The Bertz CT molecular complexity index is 682. The normalized spacial score (nSPS) is 9.90. The molecule has 0 aliphatic heterocycles.